The first-order valence-electron chi connectivity index (χ1n) is 7.45. The standard InChI is InChI=1S/C18H16ClN3O3/c1-24-16-5-3-4-15(17(16)25-2)18(23)21-13-6-8-14(9-7-13)22-11-12(19)10-20-22/h3-11H,1-2H3,(H,21,23). The van der Waals surface area contributed by atoms with E-state index in [9.17, 15) is 4.79 Å². The second-order valence-corrected chi connectivity index (χ2v) is 5.58. The van der Waals surface area contributed by atoms with E-state index in [0.717, 1.165) is 5.69 Å². The zero-order valence-corrected chi connectivity index (χ0v) is 14.4. The number of ether oxygens (including phenoxy) is 2. The average Bonchev–Trinajstić information content (AvgIpc) is 3.07. The minimum atomic E-state index is -0.286. The highest BCUT2D eigenvalue weighted by Crippen LogP contribution is 2.31. The summed E-state index contributed by atoms with van der Waals surface area (Å²) in [4.78, 5) is 12.5. The first kappa shape index (κ1) is 16.9. The van der Waals surface area contributed by atoms with Crippen molar-refractivity contribution in [1.82, 2.24) is 9.78 Å². The number of amides is 1. The molecule has 0 unspecified atom stereocenters. The summed E-state index contributed by atoms with van der Waals surface area (Å²) in [5.74, 6) is 0.608. The molecule has 0 saturated carbocycles. The van der Waals surface area contributed by atoms with Crippen molar-refractivity contribution >= 4 is 23.2 Å². The van der Waals surface area contributed by atoms with Gasteiger partial charge < -0.3 is 14.8 Å². The molecule has 0 aliphatic heterocycles. The highest BCUT2D eigenvalue weighted by molar-refractivity contribution is 6.30. The molecular weight excluding hydrogens is 342 g/mol. The SMILES string of the molecule is COc1cccc(C(=O)Nc2ccc(-n3cc(Cl)cn3)cc2)c1OC. The largest absolute Gasteiger partial charge is 0.493 e. The second-order valence-electron chi connectivity index (χ2n) is 5.15. The fourth-order valence-corrected chi connectivity index (χ4v) is 2.54. The van der Waals surface area contributed by atoms with Gasteiger partial charge in [0, 0.05) is 11.9 Å². The van der Waals surface area contributed by atoms with Crippen molar-refractivity contribution in [3.8, 4) is 17.2 Å². The van der Waals surface area contributed by atoms with Gasteiger partial charge in [-0.3, -0.25) is 4.79 Å². The van der Waals surface area contributed by atoms with Crippen molar-refractivity contribution in [3.63, 3.8) is 0 Å². The van der Waals surface area contributed by atoms with Gasteiger partial charge in [-0.1, -0.05) is 17.7 Å². The van der Waals surface area contributed by atoms with Crippen molar-refractivity contribution in [2.75, 3.05) is 19.5 Å². The van der Waals surface area contributed by atoms with Crippen molar-refractivity contribution < 1.29 is 14.3 Å². The quantitative estimate of drug-likeness (QED) is 0.754. The zero-order valence-electron chi connectivity index (χ0n) is 13.7. The zero-order chi connectivity index (χ0) is 17.8. The molecule has 0 atom stereocenters. The van der Waals surface area contributed by atoms with Gasteiger partial charge >= 0.3 is 0 Å². The molecule has 1 aromatic heterocycles. The first-order valence-corrected chi connectivity index (χ1v) is 7.83. The molecule has 7 heteroatoms. The van der Waals surface area contributed by atoms with Crippen LogP contribution in [0.15, 0.2) is 54.9 Å². The Morgan fingerprint density at radius 3 is 2.48 bits per heavy atom. The van der Waals surface area contributed by atoms with Crippen LogP contribution in [0, 0.1) is 0 Å². The number of rotatable bonds is 5. The molecule has 6 nitrogen and oxygen atoms in total. The van der Waals surface area contributed by atoms with Crippen LogP contribution in [-0.2, 0) is 0 Å². The molecule has 128 valence electrons. The summed E-state index contributed by atoms with van der Waals surface area (Å²) in [5, 5.41) is 7.53. The Balaban J connectivity index is 1.80. The molecule has 0 aliphatic carbocycles. The lowest BCUT2D eigenvalue weighted by Crippen LogP contribution is -2.13. The molecule has 1 heterocycles. The summed E-state index contributed by atoms with van der Waals surface area (Å²) in [6, 6.07) is 12.4. The third-order valence-corrected chi connectivity index (χ3v) is 3.78. The van der Waals surface area contributed by atoms with Gasteiger partial charge in [0.2, 0.25) is 0 Å². The lowest BCUT2D eigenvalue weighted by atomic mass is 10.1. The van der Waals surface area contributed by atoms with Crippen LogP contribution in [0.25, 0.3) is 5.69 Å². The van der Waals surface area contributed by atoms with Gasteiger partial charge in [0.15, 0.2) is 11.5 Å². The number of aromatic nitrogens is 2. The number of hydrogen-bond acceptors (Lipinski definition) is 4. The highest BCUT2D eigenvalue weighted by atomic mass is 35.5. The molecule has 2 aromatic carbocycles. The van der Waals surface area contributed by atoms with Crippen LogP contribution in [0.3, 0.4) is 0 Å². The van der Waals surface area contributed by atoms with E-state index in [2.05, 4.69) is 10.4 Å². The Morgan fingerprint density at radius 1 is 1.12 bits per heavy atom. The van der Waals surface area contributed by atoms with E-state index in [1.165, 1.54) is 14.2 Å². The predicted molar refractivity (Wildman–Crippen MR) is 96.1 cm³/mol. The Kier molecular flexibility index (Phi) is 4.90. The maximum absolute atomic E-state index is 12.5. The molecule has 3 aromatic rings. The van der Waals surface area contributed by atoms with Crippen LogP contribution in [0.5, 0.6) is 11.5 Å². The first-order chi connectivity index (χ1) is 12.1. The molecule has 25 heavy (non-hydrogen) atoms. The van der Waals surface area contributed by atoms with E-state index in [0.29, 0.717) is 27.8 Å². The Morgan fingerprint density at radius 2 is 1.88 bits per heavy atom. The molecule has 1 amide bonds. The van der Waals surface area contributed by atoms with Crippen LogP contribution < -0.4 is 14.8 Å². The number of anilines is 1. The smallest absolute Gasteiger partial charge is 0.259 e. The van der Waals surface area contributed by atoms with Gasteiger partial charge in [0.25, 0.3) is 5.91 Å². The minimum absolute atomic E-state index is 0.286. The molecule has 0 saturated heterocycles. The number of carbonyl (C=O) groups is 1. The van der Waals surface area contributed by atoms with Crippen molar-refractivity contribution in [1.29, 1.82) is 0 Å². The van der Waals surface area contributed by atoms with Crippen LogP contribution in [0.4, 0.5) is 5.69 Å². The fraction of sp³-hybridized carbons (Fsp3) is 0.111. The number of halogens is 1. The maximum atomic E-state index is 12.5. The maximum Gasteiger partial charge on any atom is 0.259 e. The number of hydrogen-bond donors (Lipinski definition) is 1. The van der Waals surface area contributed by atoms with E-state index >= 15 is 0 Å². The normalized spacial score (nSPS) is 10.4. The Labute approximate surface area is 149 Å². The van der Waals surface area contributed by atoms with E-state index in [4.69, 9.17) is 21.1 Å². The summed E-state index contributed by atoms with van der Waals surface area (Å²) in [7, 11) is 3.03. The van der Waals surface area contributed by atoms with E-state index in [1.807, 2.05) is 12.1 Å². The number of nitrogens with zero attached hydrogens (tertiary/aromatic N) is 2. The average molecular weight is 358 g/mol. The third kappa shape index (κ3) is 3.59. The molecule has 0 spiro atoms. The number of methoxy groups -OCH3 is 2. The number of carbonyl (C=O) groups excluding carboxylic acids is 1. The number of para-hydroxylation sites is 1. The molecule has 0 radical (unpaired) electrons. The van der Waals surface area contributed by atoms with Gasteiger partial charge in [0.05, 0.1) is 36.7 Å². The van der Waals surface area contributed by atoms with Gasteiger partial charge in [-0.05, 0) is 36.4 Å². The minimum Gasteiger partial charge on any atom is -0.493 e. The molecule has 0 aliphatic rings. The lowest BCUT2D eigenvalue weighted by molar-refractivity contribution is 0.102. The molecule has 0 fully saturated rings. The second kappa shape index (κ2) is 7.27. The van der Waals surface area contributed by atoms with E-state index < -0.39 is 0 Å². The molecule has 1 N–H and O–H groups in total. The van der Waals surface area contributed by atoms with Crippen LogP contribution in [0.2, 0.25) is 5.02 Å². The lowest BCUT2D eigenvalue weighted by Gasteiger charge is -2.12. The predicted octanol–water partition coefficient (Wildman–Crippen LogP) is 3.80. The fourth-order valence-electron chi connectivity index (χ4n) is 2.40. The molecular formula is C18H16ClN3O3. The van der Waals surface area contributed by atoms with Gasteiger partial charge in [-0.2, -0.15) is 5.10 Å². The van der Waals surface area contributed by atoms with Crippen LogP contribution in [0.1, 0.15) is 10.4 Å². The summed E-state index contributed by atoms with van der Waals surface area (Å²) < 4.78 is 12.2. The molecule has 0 bridgehead atoms. The van der Waals surface area contributed by atoms with E-state index in [-0.39, 0.29) is 5.91 Å². The van der Waals surface area contributed by atoms with E-state index in [1.54, 1.807) is 47.4 Å². The third-order valence-electron chi connectivity index (χ3n) is 3.59. The molecule has 3 rings (SSSR count). The summed E-state index contributed by atoms with van der Waals surface area (Å²) in [6.45, 7) is 0. The van der Waals surface area contributed by atoms with Gasteiger partial charge in [0.1, 0.15) is 0 Å². The Bertz CT molecular complexity index is 891. The highest BCUT2D eigenvalue weighted by Gasteiger charge is 2.16. The topological polar surface area (TPSA) is 65.4 Å². The monoisotopic (exact) mass is 357 g/mol. The number of nitrogens with one attached hydrogen (secondary N) is 1. The summed E-state index contributed by atoms with van der Waals surface area (Å²) in [5.41, 5.74) is 1.88. The van der Waals surface area contributed by atoms with Crippen LogP contribution in [-0.4, -0.2) is 29.9 Å². The Hall–Kier alpha value is -2.99. The van der Waals surface area contributed by atoms with Crippen molar-refractivity contribution in [2.45, 2.75) is 0 Å². The summed E-state index contributed by atoms with van der Waals surface area (Å²) in [6.07, 6.45) is 3.27. The van der Waals surface area contributed by atoms with Gasteiger partial charge in [-0.15, -0.1) is 0 Å². The van der Waals surface area contributed by atoms with Crippen molar-refractivity contribution in [2.24, 2.45) is 0 Å². The number of benzene rings is 2. The van der Waals surface area contributed by atoms with Crippen LogP contribution >= 0.6 is 11.6 Å². The van der Waals surface area contributed by atoms with Gasteiger partial charge in [-0.25, -0.2) is 4.68 Å². The summed E-state index contributed by atoms with van der Waals surface area (Å²) >= 11 is 5.87. The van der Waals surface area contributed by atoms with Crippen molar-refractivity contribution in [3.05, 3.63) is 65.4 Å².